The van der Waals surface area contributed by atoms with Crippen LogP contribution in [0, 0.1) is 5.92 Å². The minimum Gasteiger partial charge on any atom is -0.479 e. The van der Waals surface area contributed by atoms with Crippen LogP contribution in [0.15, 0.2) is 30.3 Å². The lowest BCUT2D eigenvalue weighted by Gasteiger charge is -2.36. The van der Waals surface area contributed by atoms with Crippen LogP contribution in [0.1, 0.15) is 17.9 Å². The van der Waals surface area contributed by atoms with Crippen LogP contribution in [0.3, 0.4) is 0 Å². The molecule has 1 fully saturated rings. The van der Waals surface area contributed by atoms with E-state index in [1.807, 2.05) is 6.07 Å². The molecule has 25 heavy (non-hydrogen) atoms. The number of carbonyl (C=O) groups is 2. The molecule has 0 saturated carbocycles. The van der Waals surface area contributed by atoms with Gasteiger partial charge in [0.1, 0.15) is 0 Å². The van der Waals surface area contributed by atoms with Crippen molar-refractivity contribution in [3.63, 3.8) is 0 Å². The highest BCUT2D eigenvalue weighted by Crippen LogP contribution is 2.31. The molecule has 0 spiro atoms. The Hall–Kier alpha value is -2.00. The number of aliphatic hydroxyl groups excluding tert-OH is 3. The molecule has 0 radical (unpaired) electrons. The van der Waals surface area contributed by atoms with Crippen LogP contribution in [0.2, 0.25) is 0 Å². The van der Waals surface area contributed by atoms with Crippen LogP contribution in [-0.4, -0.2) is 81.3 Å². The van der Waals surface area contributed by atoms with Gasteiger partial charge in [-0.1, -0.05) is 30.3 Å². The molecule has 0 aromatic heterocycles. The zero-order valence-corrected chi connectivity index (χ0v) is 14.0. The van der Waals surface area contributed by atoms with E-state index in [9.17, 15) is 14.7 Å². The lowest BCUT2D eigenvalue weighted by atomic mass is 9.81. The summed E-state index contributed by atoms with van der Waals surface area (Å²) < 4.78 is 0. The standard InChI is InChI=1S/C13H19NO.C4H6O6/c1-14-8-7-13(12(9-14)10-15)11-5-3-2-4-6-11;5-1(3(7)8)2(6)4(9)10/h2-6,12-13,15H,7-10H2,1H3;1-2,5-6H,(H,7,8)(H,9,10)/t12-,13-;1-,2-/m01/s1. The number of nitrogens with zero attached hydrogens (tertiary/aromatic N) is 1. The summed E-state index contributed by atoms with van der Waals surface area (Å²) in [6.45, 7) is 2.44. The van der Waals surface area contributed by atoms with Gasteiger partial charge in [0.05, 0.1) is 0 Å². The number of rotatable bonds is 5. The van der Waals surface area contributed by atoms with Crippen molar-refractivity contribution in [3.8, 4) is 0 Å². The molecule has 2 rings (SSSR count). The van der Waals surface area contributed by atoms with Crippen molar-refractivity contribution in [1.82, 2.24) is 4.90 Å². The van der Waals surface area contributed by atoms with Gasteiger partial charge in [-0.3, -0.25) is 0 Å². The van der Waals surface area contributed by atoms with Crippen molar-refractivity contribution < 1.29 is 35.1 Å². The van der Waals surface area contributed by atoms with E-state index < -0.39 is 24.1 Å². The molecule has 0 bridgehead atoms. The highest BCUT2D eigenvalue weighted by atomic mass is 16.4. The maximum Gasteiger partial charge on any atom is 0.335 e. The van der Waals surface area contributed by atoms with Crippen LogP contribution in [0.5, 0.6) is 0 Å². The smallest absolute Gasteiger partial charge is 0.335 e. The van der Waals surface area contributed by atoms with E-state index in [0.717, 1.165) is 19.5 Å². The second-order valence-electron chi connectivity index (χ2n) is 6.08. The van der Waals surface area contributed by atoms with Crippen LogP contribution in [-0.2, 0) is 9.59 Å². The lowest BCUT2D eigenvalue weighted by Crippen LogP contribution is -2.39. The predicted molar refractivity (Wildman–Crippen MR) is 89.2 cm³/mol. The Labute approximate surface area is 145 Å². The maximum atomic E-state index is 9.77. The number of aliphatic hydroxyl groups is 3. The zero-order valence-electron chi connectivity index (χ0n) is 14.0. The SMILES string of the molecule is CN1CC[C@@H](c2ccccc2)[C@H](CO)C1.O=C(O)[C@H](O)[C@@H](O)C(=O)O. The second-order valence-corrected chi connectivity index (χ2v) is 6.08. The van der Waals surface area contributed by atoms with Crippen molar-refractivity contribution in [1.29, 1.82) is 0 Å². The summed E-state index contributed by atoms with van der Waals surface area (Å²) in [7, 11) is 2.13. The van der Waals surface area contributed by atoms with Gasteiger partial charge in [0.25, 0.3) is 0 Å². The number of likely N-dealkylation sites (tertiary alicyclic amines) is 1. The second kappa shape index (κ2) is 10.1. The van der Waals surface area contributed by atoms with E-state index in [4.69, 9.17) is 20.4 Å². The highest BCUT2D eigenvalue weighted by Gasteiger charge is 2.29. The van der Waals surface area contributed by atoms with Gasteiger partial charge in [-0.25, -0.2) is 9.59 Å². The minimum atomic E-state index is -2.27. The zero-order chi connectivity index (χ0) is 19.0. The first-order valence-corrected chi connectivity index (χ1v) is 7.94. The predicted octanol–water partition coefficient (Wildman–Crippen LogP) is -0.408. The third-order valence-corrected chi connectivity index (χ3v) is 4.20. The Balaban J connectivity index is 0.000000275. The van der Waals surface area contributed by atoms with E-state index in [2.05, 4.69) is 36.2 Å². The molecular weight excluding hydrogens is 330 g/mol. The van der Waals surface area contributed by atoms with Gasteiger partial charge in [-0.15, -0.1) is 0 Å². The molecule has 1 saturated heterocycles. The van der Waals surface area contributed by atoms with Gasteiger partial charge >= 0.3 is 11.9 Å². The third kappa shape index (κ3) is 6.43. The quantitative estimate of drug-likeness (QED) is 0.480. The Kier molecular flexibility index (Phi) is 8.50. The molecule has 1 aromatic rings. The normalized spacial score (nSPS) is 23.0. The van der Waals surface area contributed by atoms with Gasteiger partial charge in [0, 0.05) is 19.1 Å². The van der Waals surface area contributed by atoms with Crippen LogP contribution in [0.4, 0.5) is 0 Å². The summed E-state index contributed by atoms with van der Waals surface area (Å²) in [5.41, 5.74) is 1.38. The van der Waals surface area contributed by atoms with Crippen molar-refractivity contribution in [2.45, 2.75) is 24.5 Å². The molecule has 0 unspecified atom stereocenters. The molecule has 8 nitrogen and oxygen atoms in total. The molecule has 140 valence electrons. The Bertz CT molecular complexity index is 533. The van der Waals surface area contributed by atoms with Crippen LogP contribution >= 0.6 is 0 Å². The van der Waals surface area contributed by atoms with Gasteiger partial charge in [-0.05, 0) is 31.5 Å². The molecule has 5 N–H and O–H groups in total. The highest BCUT2D eigenvalue weighted by molar-refractivity contribution is 5.83. The topological polar surface area (TPSA) is 139 Å². The van der Waals surface area contributed by atoms with Crippen LogP contribution in [0.25, 0.3) is 0 Å². The van der Waals surface area contributed by atoms with E-state index >= 15 is 0 Å². The van der Waals surface area contributed by atoms with Crippen molar-refractivity contribution >= 4 is 11.9 Å². The number of hydrogen-bond donors (Lipinski definition) is 5. The molecule has 1 heterocycles. The van der Waals surface area contributed by atoms with Crippen molar-refractivity contribution in [2.75, 3.05) is 26.7 Å². The maximum absolute atomic E-state index is 9.77. The van der Waals surface area contributed by atoms with Crippen LogP contribution < -0.4 is 0 Å². The van der Waals surface area contributed by atoms with E-state index in [-0.39, 0.29) is 0 Å². The Morgan fingerprint density at radius 1 is 1.12 bits per heavy atom. The number of carboxylic acids is 2. The Morgan fingerprint density at radius 3 is 2.08 bits per heavy atom. The summed E-state index contributed by atoms with van der Waals surface area (Å²) in [4.78, 5) is 21.8. The summed E-state index contributed by atoms with van der Waals surface area (Å²) in [5.74, 6) is -2.61. The number of hydrogen-bond acceptors (Lipinski definition) is 6. The Morgan fingerprint density at radius 2 is 1.64 bits per heavy atom. The molecule has 1 aliphatic heterocycles. The summed E-state index contributed by atoms with van der Waals surface area (Å²) in [5, 5.41) is 41.9. The number of benzene rings is 1. The largest absolute Gasteiger partial charge is 0.479 e. The van der Waals surface area contributed by atoms with Gasteiger partial charge < -0.3 is 30.4 Å². The first-order chi connectivity index (χ1) is 11.8. The molecule has 0 aliphatic carbocycles. The molecule has 1 aromatic carbocycles. The fourth-order valence-corrected chi connectivity index (χ4v) is 2.81. The van der Waals surface area contributed by atoms with Crippen molar-refractivity contribution in [3.05, 3.63) is 35.9 Å². The average molecular weight is 355 g/mol. The number of aliphatic carboxylic acids is 2. The summed E-state index contributed by atoms with van der Waals surface area (Å²) in [6.07, 6.45) is -3.37. The third-order valence-electron chi connectivity index (χ3n) is 4.20. The number of carboxylic acid groups (broad SMARTS) is 2. The molecule has 4 atom stereocenters. The van der Waals surface area contributed by atoms with E-state index in [1.165, 1.54) is 5.56 Å². The first kappa shape index (κ1) is 21.0. The van der Waals surface area contributed by atoms with Crippen molar-refractivity contribution in [2.24, 2.45) is 5.92 Å². The van der Waals surface area contributed by atoms with E-state index in [1.54, 1.807) is 0 Å². The van der Waals surface area contributed by atoms with Gasteiger partial charge in [0.15, 0.2) is 12.2 Å². The van der Waals surface area contributed by atoms with Gasteiger partial charge in [-0.2, -0.15) is 0 Å². The monoisotopic (exact) mass is 355 g/mol. The summed E-state index contributed by atoms with van der Waals surface area (Å²) in [6, 6.07) is 10.6. The minimum absolute atomic E-state index is 0.296. The lowest BCUT2D eigenvalue weighted by molar-refractivity contribution is -0.165. The fraction of sp³-hybridized carbons (Fsp3) is 0.529. The molecule has 1 aliphatic rings. The fourth-order valence-electron chi connectivity index (χ4n) is 2.81. The first-order valence-electron chi connectivity index (χ1n) is 7.94. The van der Waals surface area contributed by atoms with Gasteiger partial charge in [0.2, 0.25) is 0 Å². The molecule has 0 amide bonds. The average Bonchev–Trinajstić information content (AvgIpc) is 2.61. The number of piperidine rings is 1. The van der Waals surface area contributed by atoms with E-state index in [0.29, 0.717) is 18.4 Å². The molecular formula is C17H25NO7. The molecule has 8 heteroatoms. The summed E-state index contributed by atoms with van der Waals surface area (Å²) >= 11 is 0.